The van der Waals surface area contributed by atoms with Crippen LogP contribution in [0.4, 0.5) is 0 Å². The first-order valence-electron chi connectivity index (χ1n) is 6.36. The molecule has 2 saturated heterocycles. The third kappa shape index (κ3) is 2.74. The Morgan fingerprint density at radius 1 is 1.12 bits per heavy atom. The van der Waals surface area contributed by atoms with Gasteiger partial charge in [-0.1, -0.05) is 0 Å². The summed E-state index contributed by atoms with van der Waals surface area (Å²) in [6.07, 6.45) is 4.59. The lowest BCUT2D eigenvalue weighted by Gasteiger charge is -2.20. The van der Waals surface area contributed by atoms with Crippen molar-refractivity contribution in [2.45, 2.75) is 37.8 Å². The minimum atomic E-state index is 0.0819. The van der Waals surface area contributed by atoms with E-state index in [9.17, 15) is 4.79 Å². The van der Waals surface area contributed by atoms with Crippen molar-refractivity contribution in [2.24, 2.45) is 0 Å². The highest BCUT2D eigenvalue weighted by Crippen LogP contribution is 2.14. The molecule has 0 aromatic heterocycles. The molecule has 1 N–H and O–H groups in total. The second-order valence-corrected chi connectivity index (χ2v) is 5.20. The van der Waals surface area contributed by atoms with Crippen LogP contribution in [-0.2, 0) is 4.79 Å². The fourth-order valence-corrected chi connectivity index (χ4v) is 2.67. The normalized spacial score (nSPS) is 33.1. The Morgan fingerprint density at radius 2 is 1.94 bits per heavy atom. The number of carbonyl (C=O) groups excluding carboxylic acids is 1. The quantitative estimate of drug-likeness (QED) is 0.734. The van der Waals surface area contributed by atoms with Crippen LogP contribution in [0.1, 0.15) is 25.7 Å². The average molecular weight is 225 g/mol. The third-order valence-corrected chi connectivity index (χ3v) is 3.82. The Bertz CT molecular complexity index is 257. The van der Waals surface area contributed by atoms with Gasteiger partial charge in [-0.25, -0.2) is 0 Å². The number of nitrogens with one attached hydrogen (secondary N) is 1. The van der Waals surface area contributed by atoms with Crippen molar-refractivity contribution < 1.29 is 4.79 Å². The van der Waals surface area contributed by atoms with Gasteiger partial charge >= 0.3 is 0 Å². The van der Waals surface area contributed by atoms with Crippen LogP contribution < -0.4 is 5.32 Å². The Morgan fingerprint density at radius 3 is 2.62 bits per heavy atom. The van der Waals surface area contributed by atoms with Gasteiger partial charge < -0.3 is 15.1 Å². The Kier molecular flexibility index (Phi) is 3.82. The van der Waals surface area contributed by atoms with Crippen LogP contribution >= 0.6 is 0 Å². The molecule has 1 amide bonds. The molecule has 2 rings (SSSR count). The summed E-state index contributed by atoms with van der Waals surface area (Å²) in [5, 5.41) is 3.54. The van der Waals surface area contributed by atoms with Crippen molar-refractivity contribution in [3.63, 3.8) is 0 Å². The summed E-state index contributed by atoms with van der Waals surface area (Å²) in [5.74, 6) is 0.276. The zero-order valence-corrected chi connectivity index (χ0v) is 10.4. The second-order valence-electron chi connectivity index (χ2n) is 5.20. The predicted octanol–water partition coefficient (Wildman–Crippen LogP) is 0.291. The minimum absolute atomic E-state index is 0.0819. The lowest BCUT2D eigenvalue weighted by atomic mass is 10.1. The molecular weight excluding hydrogens is 202 g/mol. The van der Waals surface area contributed by atoms with E-state index in [4.69, 9.17) is 0 Å². The van der Waals surface area contributed by atoms with E-state index in [1.54, 1.807) is 0 Å². The molecule has 4 nitrogen and oxygen atoms in total. The van der Waals surface area contributed by atoms with E-state index >= 15 is 0 Å². The van der Waals surface area contributed by atoms with E-state index in [1.807, 2.05) is 11.9 Å². The van der Waals surface area contributed by atoms with Gasteiger partial charge in [0.05, 0.1) is 6.04 Å². The van der Waals surface area contributed by atoms with Gasteiger partial charge in [0.15, 0.2) is 0 Å². The molecule has 0 saturated carbocycles. The topological polar surface area (TPSA) is 35.6 Å². The molecular formula is C12H23N3O. The number of rotatable bonds is 2. The maximum Gasteiger partial charge on any atom is 0.239 e. The summed E-state index contributed by atoms with van der Waals surface area (Å²) in [5.41, 5.74) is 0. The number of amides is 1. The zero-order chi connectivity index (χ0) is 11.5. The van der Waals surface area contributed by atoms with Crippen LogP contribution in [0.5, 0.6) is 0 Å². The van der Waals surface area contributed by atoms with Gasteiger partial charge in [-0.3, -0.25) is 4.79 Å². The first kappa shape index (κ1) is 11.9. The molecule has 2 fully saturated rings. The van der Waals surface area contributed by atoms with E-state index in [-0.39, 0.29) is 11.9 Å². The molecule has 2 atom stereocenters. The summed E-state index contributed by atoms with van der Waals surface area (Å²) in [6, 6.07) is 0.615. The molecule has 2 heterocycles. The Hall–Kier alpha value is -0.610. The molecule has 2 unspecified atom stereocenters. The second kappa shape index (κ2) is 5.15. The van der Waals surface area contributed by atoms with Crippen molar-refractivity contribution in [1.82, 2.24) is 15.1 Å². The molecule has 92 valence electrons. The first-order valence-corrected chi connectivity index (χ1v) is 6.36. The van der Waals surface area contributed by atoms with Crippen molar-refractivity contribution in [3.8, 4) is 0 Å². The monoisotopic (exact) mass is 225 g/mol. The summed E-state index contributed by atoms with van der Waals surface area (Å²) < 4.78 is 0. The first-order chi connectivity index (χ1) is 7.66. The van der Waals surface area contributed by atoms with Crippen molar-refractivity contribution in [2.75, 3.05) is 33.7 Å². The van der Waals surface area contributed by atoms with Crippen LogP contribution in [0.15, 0.2) is 0 Å². The number of carbonyl (C=O) groups is 1. The van der Waals surface area contributed by atoms with E-state index in [0.29, 0.717) is 6.04 Å². The van der Waals surface area contributed by atoms with Crippen molar-refractivity contribution in [1.29, 1.82) is 0 Å². The summed E-state index contributed by atoms with van der Waals surface area (Å²) in [6.45, 7) is 3.24. The van der Waals surface area contributed by atoms with E-state index in [2.05, 4.69) is 17.3 Å². The zero-order valence-electron chi connectivity index (χ0n) is 10.4. The molecule has 0 spiro atoms. The smallest absolute Gasteiger partial charge is 0.239 e. The van der Waals surface area contributed by atoms with Crippen LogP contribution in [-0.4, -0.2) is 61.5 Å². The maximum atomic E-state index is 11.8. The molecule has 0 aromatic carbocycles. The fourth-order valence-electron chi connectivity index (χ4n) is 2.67. The number of hydrogen-bond donors (Lipinski definition) is 1. The molecule has 16 heavy (non-hydrogen) atoms. The number of likely N-dealkylation sites (tertiary alicyclic amines) is 2. The van der Waals surface area contributed by atoms with Gasteiger partial charge in [0, 0.05) is 19.6 Å². The highest BCUT2D eigenvalue weighted by Gasteiger charge is 2.30. The summed E-state index contributed by atoms with van der Waals surface area (Å²) in [4.78, 5) is 16.0. The fraction of sp³-hybridized carbons (Fsp3) is 0.917. The number of nitrogens with zero attached hydrogens (tertiary/aromatic N) is 2. The maximum absolute atomic E-state index is 11.8. The minimum Gasteiger partial charge on any atom is -0.344 e. The standard InChI is InChI=1S/C12H23N3O/c1-14-7-3-4-10(5-8-14)13-11-6-9-15(2)12(11)16/h10-11,13H,3-9H2,1-2H3. The summed E-state index contributed by atoms with van der Waals surface area (Å²) in [7, 11) is 4.07. The van der Waals surface area contributed by atoms with Crippen LogP contribution in [0, 0.1) is 0 Å². The molecule has 0 radical (unpaired) electrons. The lowest BCUT2D eigenvalue weighted by Crippen LogP contribution is -2.43. The molecule has 4 heteroatoms. The number of likely N-dealkylation sites (N-methyl/N-ethyl adjacent to an activating group) is 1. The van der Waals surface area contributed by atoms with Crippen LogP contribution in [0.25, 0.3) is 0 Å². The molecule has 0 aliphatic carbocycles. The SMILES string of the molecule is CN1CCCC(NC2CCN(C)C2=O)CC1. The lowest BCUT2D eigenvalue weighted by molar-refractivity contribution is -0.128. The number of hydrogen-bond acceptors (Lipinski definition) is 3. The third-order valence-electron chi connectivity index (χ3n) is 3.82. The summed E-state index contributed by atoms with van der Waals surface area (Å²) >= 11 is 0. The van der Waals surface area contributed by atoms with Gasteiger partial charge in [-0.05, 0) is 45.8 Å². The van der Waals surface area contributed by atoms with Crippen LogP contribution in [0.2, 0.25) is 0 Å². The van der Waals surface area contributed by atoms with Gasteiger partial charge in [-0.15, -0.1) is 0 Å². The van der Waals surface area contributed by atoms with Gasteiger partial charge in [0.25, 0.3) is 0 Å². The highest BCUT2D eigenvalue weighted by atomic mass is 16.2. The average Bonchev–Trinajstić information content (AvgIpc) is 2.48. The Balaban J connectivity index is 1.83. The van der Waals surface area contributed by atoms with E-state index in [0.717, 1.165) is 19.5 Å². The highest BCUT2D eigenvalue weighted by molar-refractivity contribution is 5.83. The van der Waals surface area contributed by atoms with E-state index in [1.165, 1.54) is 25.8 Å². The van der Waals surface area contributed by atoms with Gasteiger partial charge in [0.2, 0.25) is 5.91 Å². The molecule has 2 aliphatic rings. The molecule has 2 aliphatic heterocycles. The van der Waals surface area contributed by atoms with Crippen molar-refractivity contribution in [3.05, 3.63) is 0 Å². The van der Waals surface area contributed by atoms with Crippen molar-refractivity contribution >= 4 is 5.91 Å². The molecule has 0 bridgehead atoms. The Labute approximate surface area is 98.0 Å². The van der Waals surface area contributed by atoms with Gasteiger partial charge in [0.1, 0.15) is 0 Å². The van der Waals surface area contributed by atoms with Gasteiger partial charge in [-0.2, -0.15) is 0 Å². The molecule has 0 aromatic rings. The van der Waals surface area contributed by atoms with Crippen LogP contribution in [0.3, 0.4) is 0 Å². The predicted molar refractivity (Wildman–Crippen MR) is 64.3 cm³/mol. The van der Waals surface area contributed by atoms with E-state index < -0.39 is 0 Å². The largest absolute Gasteiger partial charge is 0.344 e.